The van der Waals surface area contributed by atoms with Crippen LogP contribution in [0, 0.1) is 6.92 Å². The second-order valence-electron chi connectivity index (χ2n) is 6.62. The summed E-state index contributed by atoms with van der Waals surface area (Å²) in [6.07, 6.45) is 5.24. The minimum atomic E-state index is 0.297. The molecule has 21 heavy (non-hydrogen) atoms. The molecule has 3 rings (SSSR count). The van der Waals surface area contributed by atoms with Crippen LogP contribution >= 0.6 is 11.6 Å². The zero-order valence-corrected chi connectivity index (χ0v) is 14.0. The van der Waals surface area contributed by atoms with Crippen LogP contribution < -0.4 is 15.0 Å². The summed E-state index contributed by atoms with van der Waals surface area (Å²) in [5.41, 5.74) is 2.59. The van der Waals surface area contributed by atoms with Crippen LogP contribution in [0.25, 0.3) is 0 Å². The molecule has 2 aliphatic rings. The van der Waals surface area contributed by atoms with Crippen LogP contribution in [0.5, 0.6) is 5.75 Å². The number of benzene rings is 1. The van der Waals surface area contributed by atoms with E-state index in [1.54, 1.807) is 7.11 Å². The van der Waals surface area contributed by atoms with E-state index in [2.05, 4.69) is 30.1 Å². The molecule has 1 aliphatic heterocycles. The van der Waals surface area contributed by atoms with Crippen molar-refractivity contribution in [2.75, 3.05) is 25.1 Å². The average Bonchev–Trinajstić information content (AvgIpc) is 2.93. The quantitative estimate of drug-likeness (QED) is 0.900. The highest BCUT2D eigenvalue weighted by Gasteiger charge is 2.40. The lowest BCUT2D eigenvalue weighted by molar-refractivity contribution is 0.275. The maximum absolute atomic E-state index is 6.25. The van der Waals surface area contributed by atoms with E-state index in [0.717, 1.165) is 29.4 Å². The monoisotopic (exact) mass is 308 g/mol. The fraction of sp³-hybridized carbons (Fsp3) is 0.647. The SMILES string of the molecule is COc1cc(Cl)c(C)cc1N1CC2(CCCC2)NCC1C. The summed E-state index contributed by atoms with van der Waals surface area (Å²) >= 11 is 6.25. The van der Waals surface area contributed by atoms with Gasteiger partial charge in [0, 0.05) is 35.8 Å². The maximum atomic E-state index is 6.25. The van der Waals surface area contributed by atoms with Crippen LogP contribution in [0.15, 0.2) is 12.1 Å². The summed E-state index contributed by atoms with van der Waals surface area (Å²) in [6, 6.07) is 4.58. The van der Waals surface area contributed by atoms with E-state index in [4.69, 9.17) is 16.3 Å². The van der Waals surface area contributed by atoms with Crippen LogP contribution in [0.3, 0.4) is 0 Å². The molecule has 2 fully saturated rings. The van der Waals surface area contributed by atoms with Crippen LogP contribution in [0.1, 0.15) is 38.2 Å². The molecule has 3 nitrogen and oxygen atoms in total. The highest BCUT2D eigenvalue weighted by Crippen LogP contribution is 2.39. The highest BCUT2D eigenvalue weighted by atomic mass is 35.5. The lowest BCUT2D eigenvalue weighted by atomic mass is 9.92. The number of piperazine rings is 1. The summed E-state index contributed by atoms with van der Waals surface area (Å²) in [5, 5.41) is 4.57. The fourth-order valence-electron chi connectivity index (χ4n) is 3.76. The molecule has 0 bridgehead atoms. The molecule has 1 aromatic carbocycles. The van der Waals surface area contributed by atoms with Crippen LogP contribution in [0.2, 0.25) is 5.02 Å². The van der Waals surface area contributed by atoms with E-state index in [-0.39, 0.29) is 0 Å². The maximum Gasteiger partial charge on any atom is 0.143 e. The Morgan fingerprint density at radius 1 is 1.33 bits per heavy atom. The number of ether oxygens (including phenoxy) is 1. The molecule has 0 radical (unpaired) electrons. The van der Waals surface area contributed by atoms with Gasteiger partial charge in [-0.2, -0.15) is 0 Å². The molecule has 1 saturated heterocycles. The van der Waals surface area contributed by atoms with Crippen molar-refractivity contribution in [3.05, 3.63) is 22.7 Å². The topological polar surface area (TPSA) is 24.5 Å². The Hall–Kier alpha value is -0.930. The van der Waals surface area contributed by atoms with Gasteiger partial charge in [-0.05, 0) is 38.3 Å². The van der Waals surface area contributed by atoms with E-state index in [0.29, 0.717) is 11.6 Å². The summed E-state index contributed by atoms with van der Waals surface area (Å²) in [6.45, 7) is 6.43. The fourth-order valence-corrected chi connectivity index (χ4v) is 3.91. The summed E-state index contributed by atoms with van der Waals surface area (Å²) in [4.78, 5) is 2.50. The highest BCUT2D eigenvalue weighted by molar-refractivity contribution is 6.31. The molecular formula is C17H25ClN2O. The molecule has 1 atom stereocenters. The molecule has 1 aromatic rings. The van der Waals surface area contributed by atoms with E-state index in [1.165, 1.54) is 31.4 Å². The molecular weight excluding hydrogens is 284 g/mol. The predicted octanol–water partition coefficient (Wildman–Crippen LogP) is 3.77. The van der Waals surface area contributed by atoms with Gasteiger partial charge in [0.15, 0.2) is 0 Å². The smallest absolute Gasteiger partial charge is 0.143 e. The zero-order chi connectivity index (χ0) is 15.0. The summed E-state index contributed by atoms with van der Waals surface area (Å²) < 4.78 is 5.59. The zero-order valence-electron chi connectivity index (χ0n) is 13.2. The van der Waals surface area contributed by atoms with Gasteiger partial charge in [-0.3, -0.25) is 0 Å². The number of aryl methyl sites for hydroxylation is 1. The second-order valence-corrected chi connectivity index (χ2v) is 7.03. The van der Waals surface area contributed by atoms with Crippen molar-refractivity contribution in [3.8, 4) is 5.75 Å². The number of anilines is 1. The number of nitrogens with one attached hydrogen (secondary N) is 1. The Morgan fingerprint density at radius 3 is 2.71 bits per heavy atom. The Bertz CT molecular complexity index is 526. The van der Waals surface area contributed by atoms with Gasteiger partial charge in [0.05, 0.1) is 12.8 Å². The number of hydrogen-bond acceptors (Lipinski definition) is 3. The normalized spacial score (nSPS) is 24.6. The van der Waals surface area contributed by atoms with E-state index in [9.17, 15) is 0 Å². The van der Waals surface area contributed by atoms with Gasteiger partial charge in [0.2, 0.25) is 0 Å². The molecule has 1 saturated carbocycles. The van der Waals surface area contributed by atoms with Crippen molar-refractivity contribution in [1.82, 2.24) is 5.32 Å². The van der Waals surface area contributed by atoms with Crippen LogP contribution in [-0.4, -0.2) is 31.8 Å². The van der Waals surface area contributed by atoms with Crippen molar-refractivity contribution < 1.29 is 4.74 Å². The minimum Gasteiger partial charge on any atom is -0.495 e. The number of hydrogen-bond donors (Lipinski definition) is 1. The Labute approximate surface area is 132 Å². The third-order valence-electron chi connectivity index (χ3n) is 5.11. The summed E-state index contributed by atoms with van der Waals surface area (Å²) in [5.74, 6) is 0.882. The molecule has 1 aliphatic carbocycles. The number of methoxy groups -OCH3 is 1. The third-order valence-corrected chi connectivity index (χ3v) is 5.51. The van der Waals surface area contributed by atoms with Crippen molar-refractivity contribution in [1.29, 1.82) is 0 Å². The molecule has 116 valence electrons. The molecule has 0 amide bonds. The first-order valence-corrected chi connectivity index (χ1v) is 8.28. The van der Waals surface area contributed by atoms with Gasteiger partial charge >= 0.3 is 0 Å². The average molecular weight is 309 g/mol. The molecule has 1 heterocycles. The van der Waals surface area contributed by atoms with Gasteiger partial charge in [-0.1, -0.05) is 24.4 Å². The van der Waals surface area contributed by atoms with Gasteiger partial charge < -0.3 is 15.0 Å². The van der Waals surface area contributed by atoms with E-state index >= 15 is 0 Å². The van der Waals surface area contributed by atoms with Gasteiger partial charge in [0.1, 0.15) is 5.75 Å². The van der Waals surface area contributed by atoms with Crippen LogP contribution in [-0.2, 0) is 0 Å². The number of halogens is 1. The molecule has 1 N–H and O–H groups in total. The third kappa shape index (κ3) is 2.74. The standard InChI is InChI=1S/C17H25ClN2O/c1-12-8-15(16(21-3)9-14(12)18)20-11-17(6-4-5-7-17)19-10-13(20)2/h8-9,13,19H,4-7,10-11H2,1-3H3. The Kier molecular flexibility index (Phi) is 4.06. The summed E-state index contributed by atoms with van der Waals surface area (Å²) in [7, 11) is 1.72. The number of nitrogens with zero attached hydrogens (tertiary/aromatic N) is 1. The lowest BCUT2D eigenvalue weighted by Gasteiger charge is -2.47. The Morgan fingerprint density at radius 2 is 2.05 bits per heavy atom. The molecule has 1 unspecified atom stereocenters. The minimum absolute atomic E-state index is 0.297. The van der Waals surface area contributed by atoms with Crippen molar-refractivity contribution in [2.45, 2.75) is 51.1 Å². The first-order chi connectivity index (χ1) is 10.0. The van der Waals surface area contributed by atoms with Gasteiger partial charge in [0.25, 0.3) is 0 Å². The largest absolute Gasteiger partial charge is 0.495 e. The predicted molar refractivity (Wildman–Crippen MR) is 88.8 cm³/mol. The number of rotatable bonds is 2. The lowest BCUT2D eigenvalue weighted by Crippen LogP contribution is -2.62. The second kappa shape index (κ2) is 5.69. The van der Waals surface area contributed by atoms with Gasteiger partial charge in [-0.15, -0.1) is 0 Å². The van der Waals surface area contributed by atoms with Crippen molar-refractivity contribution in [2.24, 2.45) is 0 Å². The van der Waals surface area contributed by atoms with Gasteiger partial charge in [-0.25, -0.2) is 0 Å². The van der Waals surface area contributed by atoms with Crippen LogP contribution in [0.4, 0.5) is 5.69 Å². The van der Waals surface area contributed by atoms with E-state index in [1.807, 2.05) is 6.07 Å². The molecule has 1 spiro atoms. The van der Waals surface area contributed by atoms with Crippen molar-refractivity contribution in [3.63, 3.8) is 0 Å². The van der Waals surface area contributed by atoms with Crippen molar-refractivity contribution >= 4 is 17.3 Å². The molecule has 0 aromatic heterocycles. The molecule has 4 heteroatoms. The van der Waals surface area contributed by atoms with E-state index < -0.39 is 0 Å². The first-order valence-electron chi connectivity index (χ1n) is 7.90. The first kappa shape index (κ1) is 15.0. The Balaban J connectivity index is 1.95.